The molecule has 2 rings (SSSR count). The number of pyridine rings is 1. The average molecular weight is 483 g/mol. The van der Waals surface area contributed by atoms with Crippen molar-refractivity contribution in [1.29, 1.82) is 0 Å². The summed E-state index contributed by atoms with van der Waals surface area (Å²) in [5.41, 5.74) is 1.88. The SMILES string of the molecule is CO.CO.[2H]C([2H])(c1ccc(-c2[c-]cccc2)nc1)C(C)(C)C.[Ir]. The van der Waals surface area contributed by atoms with Crippen molar-refractivity contribution in [3.05, 3.63) is 54.2 Å². The molecule has 2 N–H and O–H groups in total. The third kappa shape index (κ3) is 9.06. The fraction of sp³-hybridized carbons (Fsp3) is 0.389. The fourth-order valence-corrected chi connectivity index (χ4v) is 1.61. The summed E-state index contributed by atoms with van der Waals surface area (Å²) in [7, 11) is 2.00. The van der Waals surface area contributed by atoms with E-state index in [4.69, 9.17) is 13.0 Å². The van der Waals surface area contributed by atoms with Crippen LogP contribution in [-0.4, -0.2) is 29.4 Å². The Bertz CT molecular complexity index is 555. The van der Waals surface area contributed by atoms with Crippen LogP contribution >= 0.6 is 0 Å². The van der Waals surface area contributed by atoms with Crippen molar-refractivity contribution in [1.82, 2.24) is 4.98 Å². The maximum absolute atomic E-state index is 8.21. The zero-order valence-electron chi connectivity index (χ0n) is 15.7. The largest absolute Gasteiger partial charge is 0.400 e. The molecule has 1 radical (unpaired) electrons. The van der Waals surface area contributed by atoms with Crippen molar-refractivity contribution in [2.45, 2.75) is 27.1 Å². The first-order valence-electron chi connectivity index (χ1n) is 7.65. The van der Waals surface area contributed by atoms with E-state index in [1.165, 1.54) is 0 Å². The van der Waals surface area contributed by atoms with E-state index in [0.717, 1.165) is 25.5 Å². The molecule has 0 saturated heterocycles. The third-order valence-corrected chi connectivity index (χ3v) is 2.27. The Labute approximate surface area is 150 Å². The smallest absolute Gasteiger partial charge is 0.0322 e. The fourth-order valence-electron chi connectivity index (χ4n) is 1.61. The van der Waals surface area contributed by atoms with Crippen LogP contribution in [0.5, 0.6) is 0 Å². The molecule has 0 aliphatic carbocycles. The van der Waals surface area contributed by atoms with Crippen LogP contribution in [0, 0.1) is 11.5 Å². The van der Waals surface area contributed by atoms with Crippen LogP contribution in [0.2, 0.25) is 0 Å². The first kappa shape index (κ1) is 19.0. The van der Waals surface area contributed by atoms with Crippen molar-refractivity contribution in [2.24, 2.45) is 5.41 Å². The Morgan fingerprint density at radius 3 is 2.14 bits per heavy atom. The van der Waals surface area contributed by atoms with E-state index in [0.29, 0.717) is 5.56 Å². The van der Waals surface area contributed by atoms with Gasteiger partial charge in [-0.15, -0.1) is 35.9 Å². The molecule has 0 atom stereocenters. The zero-order valence-corrected chi connectivity index (χ0v) is 16.1. The van der Waals surface area contributed by atoms with Crippen molar-refractivity contribution < 1.29 is 33.1 Å². The number of benzene rings is 1. The van der Waals surface area contributed by atoms with E-state index < -0.39 is 11.8 Å². The van der Waals surface area contributed by atoms with Crippen molar-refractivity contribution >= 4 is 0 Å². The van der Waals surface area contributed by atoms with Crippen LogP contribution in [0.15, 0.2) is 42.6 Å². The first-order valence-corrected chi connectivity index (χ1v) is 6.65. The molecule has 0 saturated carbocycles. The van der Waals surface area contributed by atoms with Gasteiger partial charge in [0.25, 0.3) is 0 Å². The summed E-state index contributed by atoms with van der Waals surface area (Å²) in [4.78, 5) is 4.36. The van der Waals surface area contributed by atoms with Crippen LogP contribution in [0.1, 0.15) is 29.1 Å². The Morgan fingerprint density at radius 1 is 1.09 bits per heavy atom. The predicted octanol–water partition coefficient (Wildman–Crippen LogP) is 3.35. The molecule has 0 aliphatic rings. The van der Waals surface area contributed by atoms with Crippen LogP contribution < -0.4 is 0 Å². The van der Waals surface area contributed by atoms with E-state index >= 15 is 0 Å². The van der Waals surface area contributed by atoms with Gasteiger partial charge >= 0.3 is 0 Å². The van der Waals surface area contributed by atoms with Crippen LogP contribution in [-0.2, 0) is 26.5 Å². The van der Waals surface area contributed by atoms with Crippen molar-refractivity contribution in [3.63, 3.8) is 0 Å². The maximum atomic E-state index is 8.21. The summed E-state index contributed by atoms with van der Waals surface area (Å²) >= 11 is 0. The van der Waals surface area contributed by atoms with Gasteiger partial charge in [-0.05, 0) is 23.0 Å². The number of aliphatic hydroxyl groups is 2. The molecule has 0 spiro atoms. The van der Waals surface area contributed by atoms with Crippen molar-refractivity contribution in [3.8, 4) is 11.3 Å². The molecule has 1 aromatic heterocycles. The molecule has 22 heavy (non-hydrogen) atoms. The second-order valence-electron chi connectivity index (χ2n) is 5.08. The second-order valence-corrected chi connectivity index (χ2v) is 5.08. The minimum absolute atomic E-state index is 0. The van der Waals surface area contributed by atoms with E-state index in [1.807, 2.05) is 57.2 Å². The molecule has 0 unspecified atom stereocenters. The van der Waals surface area contributed by atoms with E-state index in [1.54, 1.807) is 6.20 Å². The molecule has 4 heteroatoms. The van der Waals surface area contributed by atoms with Gasteiger partial charge in [-0.2, -0.15) is 0 Å². The van der Waals surface area contributed by atoms with Gasteiger partial charge in [0.1, 0.15) is 0 Å². The van der Waals surface area contributed by atoms with Gasteiger partial charge < -0.3 is 15.2 Å². The topological polar surface area (TPSA) is 53.4 Å². The van der Waals surface area contributed by atoms with E-state index in [9.17, 15) is 0 Å². The summed E-state index contributed by atoms with van der Waals surface area (Å²) in [5.74, 6) is 0. The summed E-state index contributed by atoms with van der Waals surface area (Å²) in [6, 6.07) is 14.4. The van der Waals surface area contributed by atoms with Crippen LogP contribution in [0.3, 0.4) is 0 Å². The van der Waals surface area contributed by atoms with Gasteiger partial charge in [0.15, 0.2) is 0 Å². The first-order chi connectivity index (χ1) is 10.8. The number of aliphatic hydroxyl groups excluding tert-OH is 2. The normalized spacial score (nSPS) is 11.4. The van der Waals surface area contributed by atoms with Crippen LogP contribution in [0.4, 0.5) is 0 Å². The summed E-state index contributed by atoms with van der Waals surface area (Å²) < 4.78 is 16.4. The molecule has 0 fully saturated rings. The molecule has 125 valence electrons. The minimum Gasteiger partial charge on any atom is -0.400 e. The molecule has 3 nitrogen and oxygen atoms in total. The monoisotopic (exact) mass is 483 g/mol. The molecular formula is C18H26IrNO2-. The molecular weight excluding hydrogens is 454 g/mol. The van der Waals surface area contributed by atoms with E-state index in [-0.39, 0.29) is 20.1 Å². The average Bonchev–Trinajstić information content (AvgIpc) is 2.58. The standard InChI is InChI=1S/C16H18N.2CH4O.Ir/c1-16(2,3)11-13-9-10-15(17-12-13)14-7-5-4-6-8-14;2*1-2;/h4-7,9-10,12H,11H2,1-3H3;2*2H,1H3;/q-1;;;/i11D2;;;. The quantitative estimate of drug-likeness (QED) is 0.646. The molecule has 0 amide bonds. The molecule has 2 aromatic rings. The Kier molecular flexibility index (Phi) is 10.8. The minimum atomic E-state index is -1.40. The molecule has 0 bridgehead atoms. The van der Waals surface area contributed by atoms with Crippen LogP contribution in [0.25, 0.3) is 11.3 Å². The number of hydrogen-bond acceptors (Lipinski definition) is 3. The maximum Gasteiger partial charge on any atom is 0.0322 e. The Morgan fingerprint density at radius 2 is 1.73 bits per heavy atom. The van der Waals surface area contributed by atoms with Gasteiger partial charge in [-0.3, -0.25) is 0 Å². The second kappa shape index (κ2) is 12.5. The number of aromatic nitrogens is 1. The van der Waals surface area contributed by atoms with Gasteiger partial charge in [-0.1, -0.05) is 32.9 Å². The molecule has 0 aliphatic heterocycles. The Hall–Kier alpha value is -1.06. The van der Waals surface area contributed by atoms with Gasteiger partial charge in [0, 0.05) is 43.3 Å². The number of hydrogen-bond donors (Lipinski definition) is 2. The predicted molar refractivity (Wildman–Crippen MR) is 88.0 cm³/mol. The van der Waals surface area contributed by atoms with Gasteiger partial charge in [0.2, 0.25) is 0 Å². The summed E-state index contributed by atoms with van der Waals surface area (Å²) in [6.45, 7) is 5.68. The van der Waals surface area contributed by atoms with Crippen molar-refractivity contribution in [2.75, 3.05) is 14.2 Å². The zero-order chi connectivity index (χ0) is 18.1. The molecule has 1 heterocycles. The van der Waals surface area contributed by atoms with Gasteiger partial charge in [-0.25, -0.2) is 0 Å². The number of nitrogens with zero attached hydrogens (tertiary/aromatic N) is 1. The van der Waals surface area contributed by atoms with E-state index in [2.05, 4.69) is 11.1 Å². The third-order valence-electron chi connectivity index (χ3n) is 2.27. The molecule has 1 aromatic carbocycles. The summed E-state index contributed by atoms with van der Waals surface area (Å²) in [5, 5.41) is 14.0. The van der Waals surface area contributed by atoms with Gasteiger partial charge in [0.05, 0.1) is 0 Å². The summed E-state index contributed by atoms with van der Waals surface area (Å²) in [6.07, 6.45) is 0.223. The Balaban J connectivity index is 0. The number of rotatable bonds is 2.